The van der Waals surface area contributed by atoms with Crippen molar-refractivity contribution in [2.75, 3.05) is 0 Å². The summed E-state index contributed by atoms with van der Waals surface area (Å²) in [7, 11) is 0. The van der Waals surface area contributed by atoms with Gasteiger partial charge in [0, 0.05) is 25.2 Å². The predicted molar refractivity (Wildman–Crippen MR) is 104 cm³/mol. The fourth-order valence-electron chi connectivity index (χ4n) is 2.27. The molecular weight excluding hydrogens is 385 g/mol. The van der Waals surface area contributed by atoms with Crippen LogP contribution in [0.25, 0.3) is 0 Å². The van der Waals surface area contributed by atoms with Gasteiger partial charge in [0.25, 0.3) is 0 Å². The summed E-state index contributed by atoms with van der Waals surface area (Å²) in [6.07, 6.45) is 11.6. The number of ether oxygens (including phenoxy) is 1. The molecule has 0 fully saturated rings. The number of allylic oxidation sites excluding steroid dienone is 3. The summed E-state index contributed by atoms with van der Waals surface area (Å²) in [6.45, 7) is 5.57. The normalized spacial score (nSPS) is 12.1. The van der Waals surface area contributed by atoms with Crippen molar-refractivity contribution in [2.24, 2.45) is 0 Å². The van der Waals surface area contributed by atoms with Gasteiger partial charge in [-0.2, -0.15) is 0 Å². The molecule has 0 rings (SSSR count). The molecule has 0 aromatic rings. The van der Waals surface area contributed by atoms with E-state index < -0.39 is 36.2 Å². The molecule has 156 valence electrons. The van der Waals surface area contributed by atoms with Crippen LogP contribution in [0.2, 0.25) is 0 Å². The van der Waals surface area contributed by atoms with E-state index in [1.54, 1.807) is 31.2 Å². The monoisotopic (exact) mass is 415 g/mol. The second-order valence-corrected chi connectivity index (χ2v) is 6.08. The molecule has 0 heterocycles. The SMILES string of the molecule is C/C=C/OC(=O)C(CC(=O)[O-])N(C(=O)C/C=C/CCC)C(=O)C/C=C/CCC.[Na+]. The molecule has 2 amide bonds. The van der Waals surface area contributed by atoms with Crippen LogP contribution >= 0.6 is 0 Å². The minimum absolute atomic E-state index is 0. The Hall–Kier alpha value is -1.70. The molecule has 0 aliphatic heterocycles. The first-order chi connectivity index (χ1) is 13.4. The number of imide groups is 1. The molecule has 0 bridgehead atoms. The maximum atomic E-state index is 12.6. The Bertz CT molecular complexity index is 582. The van der Waals surface area contributed by atoms with Gasteiger partial charge in [-0.3, -0.25) is 14.5 Å². The molecule has 1 unspecified atom stereocenters. The Labute approximate surface area is 195 Å². The van der Waals surface area contributed by atoms with Gasteiger partial charge >= 0.3 is 35.5 Å². The Morgan fingerprint density at radius 1 is 0.931 bits per heavy atom. The zero-order valence-electron chi connectivity index (χ0n) is 17.9. The molecule has 0 N–H and O–H groups in total. The van der Waals surface area contributed by atoms with Gasteiger partial charge in [-0.05, 0) is 19.8 Å². The minimum atomic E-state index is -1.58. The van der Waals surface area contributed by atoms with E-state index in [9.17, 15) is 24.3 Å². The molecule has 8 heteroatoms. The van der Waals surface area contributed by atoms with Crippen molar-refractivity contribution in [1.29, 1.82) is 0 Å². The Balaban J connectivity index is 0. The number of aliphatic carboxylic acids is 1. The summed E-state index contributed by atoms with van der Waals surface area (Å²) < 4.78 is 4.83. The third kappa shape index (κ3) is 13.2. The van der Waals surface area contributed by atoms with E-state index in [2.05, 4.69) is 0 Å². The largest absolute Gasteiger partial charge is 1.00 e. The molecule has 7 nitrogen and oxygen atoms in total. The van der Waals surface area contributed by atoms with E-state index in [-0.39, 0.29) is 42.4 Å². The molecule has 29 heavy (non-hydrogen) atoms. The maximum Gasteiger partial charge on any atom is 1.00 e. The number of nitrogens with zero attached hydrogens (tertiary/aromatic N) is 1. The predicted octanol–water partition coefficient (Wildman–Crippen LogP) is -0.576. The van der Waals surface area contributed by atoms with Crippen LogP contribution < -0.4 is 34.7 Å². The maximum absolute atomic E-state index is 12.6. The van der Waals surface area contributed by atoms with E-state index >= 15 is 0 Å². The second-order valence-electron chi connectivity index (χ2n) is 6.08. The van der Waals surface area contributed by atoms with E-state index in [0.29, 0.717) is 4.90 Å². The number of hydrogen-bond donors (Lipinski definition) is 0. The van der Waals surface area contributed by atoms with Gasteiger partial charge in [-0.1, -0.05) is 57.1 Å². The molecule has 0 saturated heterocycles. The minimum Gasteiger partial charge on any atom is -0.550 e. The number of unbranched alkanes of at least 4 members (excludes halogenated alkanes) is 2. The molecule has 0 spiro atoms. The first kappa shape index (κ1) is 29.5. The average Bonchev–Trinajstić information content (AvgIpc) is 2.65. The van der Waals surface area contributed by atoms with Gasteiger partial charge in [-0.15, -0.1) is 0 Å². The van der Waals surface area contributed by atoms with Crippen LogP contribution in [-0.2, 0) is 23.9 Å². The Morgan fingerprint density at radius 2 is 1.41 bits per heavy atom. The molecule has 0 aliphatic carbocycles. The smallest absolute Gasteiger partial charge is 0.550 e. The summed E-state index contributed by atoms with van der Waals surface area (Å²) in [6, 6.07) is -1.58. The third-order valence-corrected chi connectivity index (χ3v) is 3.63. The molecule has 0 aromatic carbocycles. The number of carboxylic acids is 1. The summed E-state index contributed by atoms with van der Waals surface area (Å²) in [5, 5.41) is 11.1. The van der Waals surface area contributed by atoms with Gasteiger partial charge in [0.15, 0.2) is 0 Å². The van der Waals surface area contributed by atoms with E-state index in [4.69, 9.17) is 4.74 Å². The van der Waals surface area contributed by atoms with Crippen molar-refractivity contribution in [2.45, 2.75) is 71.8 Å². The van der Waals surface area contributed by atoms with Crippen molar-refractivity contribution in [3.05, 3.63) is 36.6 Å². The van der Waals surface area contributed by atoms with Crippen LogP contribution in [0.3, 0.4) is 0 Å². The van der Waals surface area contributed by atoms with Crippen LogP contribution in [0.5, 0.6) is 0 Å². The van der Waals surface area contributed by atoms with Crippen molar-refractivity contribution in [3.8, 4) is 0 Å². The fourth-order valence-corrected chi connectivity index (χ4v) is 2.27. The van der Waals surface area contributed by atoms with E-state index in [1.165, 1.54) is 6.08 Å². The Morgan fingerprint density at radius 3 is 1.79 bits per heavy atom. The molecule has 0 radical (unpaired) electrons. The van der Waals surface area contributed by atoms with Crippen molar-refractivity contribution in [1.82, 2.24) is 4.90 Å². The summed E-state index contributed by atoms with van der Waals surface area (Å²) in [4.78, 5) is 49.4. The van der Waals surface area contributed by atoms with Gasteiger partial charge in [0.2, 0.25) is 11.8 Å². The number of carboxylic acid groups (broad SMARTS) is 1. The number of esters is 1. The van der Waals surface area contributed by atoms with E-state index in [1.807, 2.05) is 13.8 Å². The standard InChI is InChI=1S/C21H31NO6.Na/c1-4-7-9-11-13-18(23)22(19(24)14-12-10-8-5-2)17(16-20(25)26)21(27)28-15-6-3;/h6,9-12,15,17H,4-5,7-8,13-14,16H2,1-3H3,(H,25,26);/q;+1/p-1/b11-9+,12-10+,15-6+;. The quantitative estimate of drug-likeness (QED) is 0.173. The summed E-state index contributed by atoms with van der Waals surface area (Å²) in [5.41, 5.74) is 0. The first-order valence-electron chi connectivity index (χ1n) is 9.55. The summed E-state index contributed by atoms with van der Waals surface area (Å²) in [5.74, 6) is -3.88. The van der Waals surface area contributed by atoms with Crippen molar-refractivity contribution >= 4 is 23.8 Å². The molecule has 0 aliphatic rings. The van der Waals surface area contributed by atoms with Crippen LogP contribution in [0.15, 0.2) is 36.6 Å². The topological polar surface area (TPSA) is 104 Å². The first-order valence-corrected chi connectivity index (χ1v) is 9.55. The zero-order chi connectivity index (χ0) is 21.4. The number of carbonyl (C=O) groups excluding carboxylic acids is 4. The number of amides is 2. The molecular formula is C21H30NNaO6. The van der Waals surface area contributed by atoms with Gasteiger partial charge < -0.3 is 14.6 Å². The average molecular weight is 415 g/mol. The number of hydrogen-bond acceptors (Lipinski definition) is 6. The fraction of sp³-hybridized carbons (Fsp3) is 0.524. The molecule has 0 saturated carbocycles. The Kier molecular flexibility index (Phi) is 18.7. The molecule has 1 atom stereocenters. The van der Waals surface area contributed by atoms with Crippen LogP contribution in [0.1, 0.15) is 65.7 Å². The van der Waals surface area contributed by atoms with Crippen molar-refractivity contribution in [3.63, 3.8) is 0 Å². The third-order valence-electron chi connectivity index (χ3n) is 3.63. The molecule has 0 aromatic heterocycles. The van der Waals surface area contributed by atoms with Gasteiger partial charge in [0.05, 0.1) is 6.26 Å². The number of rotatable bonds is 13. The van der Waals surface area contributed by atoms with Crippen LogP contribution in [0, 0.1) is 0 Å². The second kappa shape index (κ2) is 18.3. The van der Waals surface area contributed by atoms with E-state index in [0.717, 1.165) is 31.9 Å². The van der Waals surface area contributed by atoms with Crippen LogP contribution in [0.4, 0.5) is 0 Å². The zero-order valence-corrected chi connectivity index (χ0v) is 19.9. The summed E-state index contributed by atoms with van der Waals surface area (Å²) >= 11 is 0. The van der Waals surface area contributed by atoms with Gasteiger partial charge in [-0.25, -0.2) is 4.79 Å². The van der Waals surface area contributed by atoms with Gasteiger partial charge in [0.1, 0.15) is 6.04 Å². The number of carbonyl (C=O) groups is 4. The van der Waals surface area contributed by atoms with Crippen molar-refractivity contribution < 1.29 is 58.6 Å². The van der Waals surface area contributed by atoms with Crippen LogP contribution in [-0.4, -0.2) is 34.7 Å².